The van der Waals surface area contributed by atoms with Crippen LogP contribution in [0.4, 0.5) is 11.4 Å². The zero-order valence-corrected chi connectivity index (χ0v) is 12.2. The van der Waals surface area contributed by atoms with Gasteiger partial charge < -0.3 is 10.6 Å². The number of nitrogens with zero attached hydrogens (tertiary/aromatic N) is 2. The zero-order valence-electron chi connectivity index (χ0n) is 12.2. The first-order valence-electron chi connectivity index (χ1n) is 7.67. The van der Waals surface area contributed by atoms with Crippen LogP contribution in [0.5, 0.6) is 0 Å². The Morgan fingerprint density at radius 3 is 2.80 bits per heavy atom. The van der Waals surface area contributed by atoms with E-state index in [4.69, 9.17) is 5.73 Å². The lowest BCUT2D eigenvalue weighted by Crippen LogP contribution is -2.33. The number of hydrogen-bond donors (Lipinski definition) is 1. The number of benzene rings is 1. The number of fused-ring (bicyclic) bond motifs is 1. The highest BCUT2D eigenvalue weighted by atomic mass is 15.1. The summed E-state index contributed by atoms with van der Waals surface area (Å²) in [6, 6.07) is 8.20. The zero-order chi connectivity index (χ0) is 13.9. The predicted molar refractivity (Wildman–Crippen MR) is 86.0 cm³/mol. The number of pyridine rings is 1. The van der Waals surface area contributed by atoms with Crippen LogP contribution in [0.1, 0.15) is 32.6 Å². The average Bonchev–Trinajstić information content (AvgIpc) is 2.48. The summed E-state index contributed by atoms with van der Waals surface area (Å²) in [6.07, 6.45) is 7.17. The number of aromatic nitrogens is 1. The lowest BCUT2D eigenvalue weighted by Gasteiger charge is -2.34. The van der Waals surface area contributed by atoms with Gasteiger partial charge in [-0.3, -0.25) is 4.98 Å². The van der Waals surface area contributed by atoms with Crippen LogP contribution in [0, 0.1) is 5.92 Å². The van der Waals surface area contributed by atoms with Crippen molar-refractivity contribution < 1.29 is 0 Å². The molecule has 1 aromatic carbocycles. The van der Waals surface area contributed by atoms with Crippen LogP contribution in [-0.2, 0) is 0 Å². The molecule has 1 aromatic heterocycles. The van der Waals surface area contributed by atoms with E-state index in [-0.39, 0.29) is 0 Å². The van der Waals surface area contributed by atoms with Crippen LogP contribution < -0.4 is 10.6 Å². The average molecular weight is 269 g/mol. The molecule has 20 heavy (non-hydrogen) atoms. The van der Waals surface area contributed by atoms with Crippen molar-refractivity contribution >= 4 is 22.3 Å². The van der Waals surface area contributed by atoms with Gasteiger partial charge >= 0.3 is 0 Å². The maximum absolute atomic E-state index is 6.04. The van der Waals surface area contributed by atoms with Gasteiger partial charge in [0, 0.05) is 30.4 Å². The van der Waals surface area contributed by atoms with Crippen molar-refractivity contribution in [2.24, 2.45) is 5.92 Å². The van der Waals surface area contributed by atoms with E-state index < -0.39 is 0 Å². The standard InChI is InChI=1S/C17H23N3/c1-2-4-13-8-11-20(12-9-13)16-7-10-19-17-14(16)5-3-6-15(17)18/h3,5-7,10,13H,2,4,8-9,11-12,18H2,1H3. The van der Waals surface area contributed by atoms with Gasteiger partial charge in [-0.1, -0.05) is 31.9 Å². The van der Waals surface area contributed by atoms with E-state index in [1.807, 2.05) is 18.3 Å². The van der Waals surface area contributed by atoms with E-state index in [1.165, 1.54) is 36.8 Å². The van der Waals surface area contributed by atoms with E-state index in [9.17, 15) is 0 Å². The first-order valence-corrected chi connectivity index (χ1v) is 7.67. The molecule has 1 fully saturated rings. The topological polar surface area (TPSA) is 42.2 Å². The van der Waals surface area contributed by atoms with E-state index in [2.05, 4.69) is 28.9 Å². The maximum atomic E-state index is 6.04. The quantitative estimate of drug-likeness (QED) is 0.861. The highest BCUT2D eigenvalue weighted by Crippen LogP contribution is 2.32. The molecule has 3 rings (SSSR count). The lowest BCUT2D eigenvalue weighted by molar-refractivity contribution is 0.379. The van der Waals surface area contributed by atoms with Crippen molar-refractivity contribution in [1.82, 2.24) is 4.98 Å². The SMILES string of the molecule is CCCC1CCN(c2ccnc3c(N)cccc23)CC1. The van der Waals surface area contributed by atoms with Crippen molar-refractivity contribution in [2.45, 2.75) is 32.6 Å². The molecule has 1 aliphatic rings. The molecule has 3 nitrogen and oxygen atoms in total. The fourth-order valence-corrected chi connectivity index (χ4v) is 3.33. The molecule has 0 radical (unpaired) electrons. The fourth-order valence-electron chi connectivity index (χ4n) is 3.33. The van der Waals surface area contributed by atoms with Gasteiger partial charge in [0.2, 0.25) is 0 Å². The van der Waals surface area contributed by atoms with Gasteiger partial charge in [0.15, 0.2) is 0 Å². The molecule has 0 bridgehead atoms. The third-order valence-electron chi connectivity index (χ3n) is 4.43. The highest BCUT2D eigenvalue weighted by molar-refractivity contribution is 5.98. The largest absolute Gasteiger partial charge is 0.397 e. The van der Waals surface area contributed by atoms with Crippen molar-refractivity contribution in [1.29, 1.82) is 0 Å². The summed E-state index contributed by atoms with van der Waals surface area (Å²) in [5, 5.41) is 1.18. The Kier molecular flexibility index (Phi) is 3.77. The minimum Gasteiger partial charge on any atom is -0.397 e. The first-order chi connectivity index (χ1) is 9.79. The Labute approximate surface area is 120 Å². The van der Waals surface area contributed by atoms with Gasteiger partial charge in [-0.15, -0.1) is 0 Å². The maximum Gasteiger partial charge on any atom is 0.0951 e. The molecule has 0 amide bonds. The van der Waals surface area contributed by atoms with Crippen molar-refractivity contribution in [3.8, 4) is 0 Å². The molecular formula is C17H23N3. The Hall–Kier alpha value is -1.77. The first kappa shape index (κ1) is 13.2. The number of hydrogen-bond acceptors (Lipinski definition) is 3. The molecule has 2 heterocycles. The smallest absolute Gasteiger partial charge is 0.0951 e. The lowest BCUT2D eigenvalue weighted by atomic mass is 9.92. The van der Waals surface area contributed by atoms with Crippen LogP contribution in [0.15, 0.2) is 30.5 Å². The van der Waals surface area contributed by atoms with Gasteiger partial charge in [0.05, 0.1) is 11.2 Å². The third kappa shape index (κ3) is 2.45. The van der Waals surface area contributed by atoms with Gasteiger partial charge in [0.1, 0.15) is 0 Å². The van der Waals surface area contributed by atoms with Crippen LogP contribution >= 0.6 is 0 Å². The second kappa shape index (κ2) is 5.70. The fraction of sp³-hybridized carbons (Fsp3) is 0.471. The van der Waals surface area contributed by atoms with E-state index >= 15 is 0 Å². The van der Waals surface area contributed by atoms with E-state index in [0.717, 1.165) is 30.2 Å². The molecule has 1 saturated heterocycles. The Bertz CT molecular complexity index is 586. The molecule has 2 N–H and O–H groups in total. The Morgan fingerprint density at radius 1 is 1.25 bits per heavy atom. The molecule has 0 aliphatic carbocycles. The second-order valence-electron chi connectivity index (χ2n) is 5.79. The van der Waals surface area contributed by atoms with E-state index in [1.54, 1.807) is 0 Å². The summed E-state index contributed by atoms with van der Waals surface area (Å²) < 4.78 is 0. The molecule has 0 spiro atoms. The van der Waals surface area contributed by atoms with Crippen LogP contribution in [0.25, 0.3) is 10.9 Å². The van der Waals surface area contributed by atoms with Gasteiger partial charge in [-0.25, -0.2) is 0 Å². The third-order valence-corrected chi connectivity index (χ3v) is 4.43. The summed E-state index contributed by atoms with van der Waals surface area (Å²) in [5.41, 5.74) is 9.02. The molecule has 106 valence electrons. The predicted octanol–water partition coefficient (Wildman–Crippen LogP) is 3.83. The number of rotatable bonds is 3. The Balaban J connectivity index is 1.86. The number of nitrogens with two attached hydrogens (primary N) is 1. The Morgan fingerprint density at radius 2 is 2.05 bits per heavy atom. The molecule has 3 heteroatoms. The molecule has 0 saturated carbocycles. The summed E-state index contributed by atoms with van der Waals surface area (Å²) in [7, 11) is 0. The van der Waals surface area contributed by atoms with Crippen LogP contribution in [0.3, 0.4) is 0 Å². The normalized spacial score (nSPS) is 16.8. The van der Waals surface area contributed by atoms with E-state index in [0.29, 0.717) is 0 Å². The minimum atomic E-state index is 0.769. The number of piperidine rings is 1. The summed E-state index contributed by atoms with van der Waals surface area (Å²) in [6.45, 7) is 4.59. The second-order valence-corrected chi connectivity index (χ2v) is 5.79. The van der Waals surface area contributed by atoms with Crippen molar-refractivity contribution in [2.75, 3.05) is 23.7 Å². The summed E-state index contributed by atoms with van der Waals surface area (Å²) >= 11 is 0. The van der Waals surface area contributed by atoms with Crippen LogP contribution in [0.2, 0.25) is 0 Å². The minimum absolute atomic E-state index is 0.769. The molecule has 1 aliphatic heterocycles. The van der Waals surface area contributed by atoms with Gasteiger partial charge in [0.25, 0.3) is 0 Å². The van der Waals surface area contributed by atoms with Crippen molar-refractivity contribution in [3.63, 3.8) is 0 Å². The summed E-state index contributed by atoms with van der Waals surface area (Å²) in [5.74, 6) is 0.912. The highest BCUT2D eigenvalue weighted by Gasteiger charge is 2.20. The monoisotopic (exact) mass is 269 g/mol. The molecule has 0 unspecified atom stereocenters. The number of anilines is 2. The van der Waals surface area contributed by atoms with Crippen molar-refractivity contribution in [3.05, 3.63) is 30.5 Å². The molecular weight excluding hydrogens is 246 g/mol. The van der Waals surface area contributed by atoms with Gasteiger partial charge in [-0.2, -0.15) is 0 Å². The number of para-hydroxylation sites is 1. The van der Waals surface area contributed by atoms with Crippen LogP contribution in [-0.4, -0.2) is 18.1 Å². The molecule has 2 aromatic rings. The number of nitrogen functional groups attached to an aromatic ring is 1. The molecule has 0 atom stereocenters. The van der Waals surface area contributed by atoms with Gasteiger partial charge in [-0.05, 0) is 30.9 Å². The summed E-state index contributed by atoms with van der Waals surface area (Å²) in [4.78, 5) is 6.92.